The van der Waals surface area contributed by atoms with Gasteiger partial charge < -0.3 is 0 Å². The third kappa shape index (κ3) is 1.99. The van der Waals surface area contributed by atoms with Crippen molar-refractivity contribution in [3.63, 3.8) is 0 Å². The highest BCUT2D eigenvalue weighted by molar-refractivity contribution is 9.12. The number of halogens is 2. The zero-order valence-electron chi connectivity index (χ0n) is 4.77. The average Bonchev–Trinajstić information content (AvgIpc) is 1.99. The van der Waals surface area contributed by atoms with Crippen LogP contribution in [0.3, 0.4) is 0 Å². The molecule has 0 fully saturated rings. The minimum atomic E-state index is 0.767. The highest BCUT2D eigenvalue weighted by Gasteiger charge is 1.94. The predicted molar refractivity (Wildman–Crippen MR) is 44.7 cm³/mol. The maximum Gasteiger partial charge on any atom is 0.0544 e. The molecule has 0 saturated heterocycles. The fraction of sp³-hybridized carbons (Fsp3) is 0.143. The summed E-state index contributed by atoms with van der Waals surface area (Å²) in [4.78, 5) is 0. The molecular formula is C7H6BrCl. The largest absolute Gasteiger partial charge is 0.0831 e. The Balaban J connectivity index is 2.90. The lowest BCUT2D eigenvalue weighted by Crippen LogP contribution is -1.63. The lowest BCUT2D eigenvalue weighted by atomic mass is 10.4. The van der Waals surface area contributed by atoms with Crippen LogP contribution in [0.5, 0.6) is 0 Å². The smallest absolute Gasteiger partial charge is 0.0544 e. The van der Waals surface area contributed by atoms with Crippen molar-refractivity contribution in [3.05, 3.63) is 33.8 Å². The van der Waals surface area contributed by atoms with Gasteiger partial charge >= 0.3 is 0 Å². The zero-order valence-corrected chi connectivity index (χ0v) is 7.11. The Morgan fingerprint density at radius 3 is 2.78 bits per heavy atom. The molecule has 48 valence electrons. The lowest BCUT2D eigenvalue weighted by molar-refractivity contribution is 1.40. The van der Waals surface area contributed by atoms with Crippen molar-refractivity contribution in [1.29, 1.82) is 0 Å². The van der Waals surface area contributed by atoms with Gasteiger partial charge in [0.1, 0.15) is 0 Å². The second-order valence-corrected chi connectivity index (χ2v) is 3.00. The number of hydrogen-bond acceptors (Lipinski definition) is 0. The molecule has 0 aromatic heterocycles. The SMILES string of the molecule is ClC1=C(Br)C=CCC=C1. The van der Waals surface area contributed by atoms with E-state index >= 15 is 0 Å². The van der Waals surface area contributed by atoms with Gasteiger partial charge in [0.25, 0.3) is 0 Å². The summed E-state index contributed by atoms with van der Waals surface area (Å²) in [6.45, 7) is 0. The molecule has 1 aliphatic carbocycles. The maximum absolute atomic E-state index is 5.77. The van der Waals surface area contributed by atoms with Crippen LogP contribution in [-0.4, -0.2) is 0 Å². The Morgan fingerprint density at radius 2 is 2.00 bits per heavy atom. The summed E-state index contributed by atoms with van der Waals surface area (Å²) in [5.41, 5.74) is 0. The minimum Gasteiger partial charge on any atom is -0.0831 e. The monoisotopic (exact) mass is 204 g/mol. The molecule has 0 aliphatic heterocycles. The molecule has 0 nitrogen and oxygen atoms in total. The summed E-state index contributed by atoms with van der Waals surface area (Å²) in [6.07, 6.45) is 8.89. The van der Waals surface area contributed by atoms with Crippen LogP contribution in [0, 0.1) is 0 Å². The van der Waals surface area contributed by atoms with E-state index in [0.717, 1.165) is 15.9 Å². The third-order valence-corrected chi connectivity index (χ3v) is 2.28. The molecule has 1 aliphatic rings. The van der Waals surface area contributed by atoms with Crippen LogP contribution in [0.25, 0.3) is 0 Å². The Labute approximate surface area is 68.0 Å². The summed E-state index contributed by atoms with van der Waals surface area (Å²) in [7, 11) is 0. The van der Waals surface area contributed by atoms with E-state index in [-0.39, 0.29) is 0 Å². The van der Waals surface area contributed by atoms with Gasteiger partial charge in [-0.15, -0.1) is 0 Å². The highest BCUT2D eigenvalue weighted by Crippen LogP contribution is 2.20. The van der Waals surface area contributed by atoms with E-state index in [0.29, 0.717) is 0 Å². The predicted octanol–water partition coefficient (Wildman–Crippen LogP) is 3.35. The van der Waals surface area contributed by atoms with Crippen molar-refractivity contribution in [3.8, 4) is 0 Å². The van der Waals surface area contributed by atoms with Gasteiger partial charge in [-0.05, 0) is 28.4 Å². The van der Waals surface area contributed by atoms with Crippen LogP contribution >= 0.6 is 27.5 Å². The van der Waals surface area contributed by atoms with Gasteiger partial charge in [0, 0.05) is 4.48 Å². The molecule has 0 saturated carbocycles. The maximum atomic E-state index is 5.77. The number of allylic oxidation sites excluding steroid dienone is 6. The number of hydrogen-bond donors (Lipinski definition) is 0. The van der Waals surface area contributed by atoms with Crippen molar-refractivity contribution < 1.29 is 0 Å². The third-order valence-electron chi connectivity index (χ3n) is 1.03. The normalized spacial score (nSPS) is 18.4. The topological polar surface area (TPSA) is 0 Å². The quantitative estimate of drug-likeness (QED) is 0.569. The molecule has 0 aromatic rings. The van der Waals surface area contributed by atoms with Gasteiger partial charge in [-0.3, -0.25) is 0 Å². The molecule has 0 aromatic carbocycles. The molecule has 0 radical (unpaired) electrons. The van der Waals surface area contributed by atoms with Crippen LogP contribution in [0.1, 0.15) is 6.42 Å². The van der Waals surface area contributed by atoms with Crippen molar-refractivity contribution in [2.24, 2.45) is 0 Å². The van der Waals surface area contributed by atoms with E-state index in [1.165, 1.54) is 0 Å². The van der Waals surface area contributed by atoms with Gasteiger partial charge in [0.05, 0.1) is 5.03 Å². The molecule has 0 spiro atoms. The van der Waals surface area contributed by atoms with Crippen LogP contribution in [0.2, 0.25) is 0 Å². The Bertz CT molecular complexity index is 169. The molecule has 9 heavy (non-hydrogen) atoms. The molecule has 0 atom stereocenters. The van der Waals surface area contributed by atoms with Gasteiger partial charge in [0.2, 0.25) is 0 Å². The molecule has 0 N–H and O–H groups in total. The van der Waals surface area contributed by atoms with Crippen molar-refractivity contribution in [1.82, 2.24) is 0 Å². The van der Waals surface area contributed by atoms with E-state index in [1.54, 1.807) is 0 Å². The van der Waals surface area contributed by atoms with Crippen molar-refractivity contribution in [2.75, 3.05) is 0 Å². The summed E-state index contributed by atoms with van der Waals surface area (Å²) in [5.74, 6) is 0. The van der Waals surface area contributed by atoms with E-state index in [1.807, 2.05) is 18.2 Å². The van der Waals surface area contributed by atoms with E-state index < -0.39 is 0 Å². The highest BCUT2D eigenvalue weighted by atomic mass is 79.9. The number of rotatable bonds is 0. The first-order valence-corrected chi connectivity index (χ1v) is 3.86. The first-order valence-electron chi connectivity index (χ1n) is 2.69. The Hall–Kier alpha value is -0.0100. The zero-order chi connectivity index (χ0) is 6.69. The summed E-state index contributed by atoms with van der Waals surface area (Å²) in [5, 5.41) is 0.767. The fourth-order valence-corrected chi connectivity index (χ4v) is 1.05. The standard InChI is InChI=1S/C7H6BrCl/c8-6-4-2-1-3-5-7(6)9/h2-5H,1H2. The van der Waals surface area contributed by atoms with E-state index in [4.69, 9.17) is 11.6 Å². The lowest BCUT2D eigenvalue weighted by Gasteiger charge is -1.87. The van der Waals surface area contributed by atoms with Gasteiger partial charge in [0.15, 0.2) is 0 Å². The minimum absolute atomic E-state index is 0.767. The molecule has 0 amide bonds. The summed E-state index contributed by atoms with van der Waals surface area (Å²) >= 11 is 9.08. The van der Waals surface area contributed by atoms with Crippen LogP contribution in [0.15, 0.2) is 33.8 Å². The molecule has 0 unspecified atom stereocenters. The van der Waals surface area contributed by atoms with Crippen molar-refractivity contribution >= 4 is 27.5 Å². The van der Waals surface area contributed by atoms with Crippen LogP contribution in [0.4, 0.5) is 0 Å². The molecule has 0 bridgehead atoms. The summed E-state index contributed by atoms with van der Waals surface area (Å²) in [6, 6.07) is 0. The van der Waals surface area contributed by atoms with Crippen molar-refractivity contribution in [2.45, 2.75) is 6.42 Å². The summed E-state index contributed by atoms with van der Waals surface area (Å²) < 4.78 is 0.956. The van der Waals surface area contributed by atoms with Gasteiger partial charge in [-0.2, -0.15) is 0 Å². The molecular weight excluding hydrogens is 199 g/mol. The van der Waals surface area contributed by atoms with Gasteiger partial charge in [-0.1, -0.05) is 29.8 Å². The van der Waals surface area contributed by atoms with E-state index in [9.17, 15) is 0 Å². The second-order valence-electron chi connectivity index (χ2n) is 1.74. The second kappa shape index (κ2) is 3.23. The first kappa shape index (κ1) is 7.10. The Morgan fingerprint density at radius 1 is 1.33 bits per heavy atom. The average molecular weight is 205 g/mol. The van der Waals surface area contributed by atoms with Crippen LogP contribution < -0.4 is 0 Å². The van der Waals surface area contributed by atoms with Crippen LogP contribution in [-0.2, 0) is 0 Å². The van der Waals surface area contributed by atoms with Gasteiger partial charge in [-0.25, -0.2) is 0 Å². The first-order chi connectivity index (χ1) is 4.30. The fourth-order valence-electron chi connectivity index (χ4n) is 0.581. The molecule has 2 heteroatoms. The van der Waals surface area contributed by atoms with E-state index in [2.05, 4.69) is 22.0 Å². The molecule has 0 heterocycles. The molecule has 1 rings (SSSR count). The Kier molecular flexibility index (Phi) is 2.55.